The molecule has 0 aromatic rings. The van der Waals surface area contributed by atoms with Gasteiger partial charge in [0.1, 0.15) is 0 Å². The van der Waals surface area contributed by atoms with E-state index in [1.807, 2.05) is 6.08 Å². The molecule has 2 nitrogen and oxygen atoms in total. The van der Waals surface area contributed by atoms with Crippen molar-refractivity contribution < 1.29 is 5.11 Å². The van der Waals surface area contributed by atoms with E-state index in [0.29, 0.717) is 0 Å². The summed E-state index contributed by atoms with van der Waals surface area (Å²) in [7, 11) is 0. The molecule has 0 bridgehead atoms. The first kappa shape index (κ1) is 11.4. The van der Waals surface area contributed by atoms with Crippen molar-refractivity contribution in [1.29, 1.82) is 0 Å². The third-order valence-electron chi connectivity index (χ3n) is 1.92. The van der Waals surface area contributed by atoms with Gasteiger partial charge in [-0.3, -0.25) is 5.32 Å². The Kier molecular flexibility index (Phi) is 6.72. The van der Waals surface area contributed by atoms with Crippen molar-refractivity contribution in [3.8, 4) is 0 Å². The first-order valence-electron chi connectivity index (χ1n) is 4.37. The van der Waals surface area contributed by atoms with Gasteiger partial charge in [-0.1, -0.05) is 24.6 Å². The number of nitrogens with one attached hydrogen (secondary N) is 1. The van der Waals surface area contributed by atoms with Crippen LogP contribution in [-0.2, 0) is 0 Å². The number of hydrogen-bond donors (Lipinski definition) is 2. The van der Waals surface area contributed by atoms with E-state index >= 15 is 0 Å². The van der Waals surface area contributed by atoms with Gasteiger partial charge in [-0.15, -0.1) is 6.58 Å². The lowest BCUT2D eigenvalue weighted by Gasteiger charge is -2.10. The second-order valence-electron chi connectivity index (χ2n) is 2.84. The smallest absolute Gasteiger partial charge is 0.0936 e. The molecule has 0 saturated carbocycles. The third kappa shape index (κ3) is 5.10. The molecule has 12 heavy (non-hydrogen) atoms. The molecule has 0 aliphatic heterocycles. The van der Waals surface area contributed by atoms with Crippen molar-refractivity contribution in [2.45, 2.75) is 32.7 Å². The van der Waals surface area contributed by atoms with Crippen molar-refractivity contribution >= 4 is 0 Å². The maximum Gasteiger partial charge on any atom is 0.0936 e. The number of rotatable bonds is 6. The molecule has 0 amide bonds. The highest BCUT2D eigenvalue weighted by atomic mass is 16.3. The van der Waals surface area contributed by atoms with Crippen LogP contribution in [0.3, 0.4) is 0 Å². The fraction of sp³-hybridized carbons (Fsp3) is 0.600. The zero-order valence-electron chi connectivity index (χ0n) is 8.01. The minimum Gasteiger partial charge on any atom is -0.381 e. The predicted molar refractivity (Wildman–Crippen MR) is 52.9 cm³/mol. The van der Waals surface area contributed by atoms with Crippen LogP contribution in [0.25, 0.3) is 0 Å². The number of aliphatic hydroxyl groups excluding tert-OH is 1. The Morgan fingerprint density at radius 3 is 2.75 bits per heavy atom. The van der Waals surface area contributed by atoms with Crippen molar-refractivity contribution in [3.63, 3.8) is 0 Å². The van der Waals surface area contributed by atoms with Gasteiger partial charge in [-0.05, 0) is 19.8 Å². The number of aliphatic hydroxyl groups is 1. The number of hydrogen-bond acceptors (Lipinski definition) is 2. The molecule has 70 valence electrons. The lowest BCUT2D eigenvalue weighted by atomic mass is 10.1. The molecule has 0 saturated heterocycles. The van der Waals surface area contributed by atoms with Crippen molar-refractivity contribution in [3.05, 3.63) is 24.3 Å². The van der Waals surface area contributed by atoms with Crippen LogP contribution < -0.4 is 5.32 Å². The quantitative estimate of drug-likeness (QED) is 0.469. The van der Waals surface area contributed by atoms with Crippen molar-refractivity contribution in [1.82, 2.24) is 5.32 Å². The molecule has 2 heteroatoms. The summed E-state index contributed by atoms with van der Waals surface area (Å²) in [5.74, 6) is 0. The van der Waals surface area contributed by atoms with E-state index in [0.717, 1.165) is 12.8 Å². The van der Waals surface area contributed by atoms with Gasteiger partial charge in [0, 0.05) is 6.04 Å². The molecule has 1 atom stereocenters. The van der Waals surface area contributed by atoms with Crippen LogP contribution in [0.1, 0.15) is 26.7 Å². The Bertz CT molecular complexity index is 152. The average Bonchev–Trinajstić information content (AvgIpc) is 2.11. The maximum absolute atomic E-state index is 8.61. The summed E-state index contributed by atoms with van der Waals surface area (Å²) < 4.78 is 0. The molecule has 0 aromatic heterocycles. The van der Waals surface area contributed by atoms with Crippen LogP contribution in [0.5, 0.6) is 0 Å². The summed E-state index contributed by atoms with van der Waals surface area (Å²) in [6.45, 7) is 7.93. The first-order valence-corrected chi connectivity index (χ1v) is 4.37. The van der Waals surface area contributed by atoms with Gasteiger partial charge >= 0.3 is 0 Å². The van der Waals surface area contributed by atoms with Gasteiger partial charge in [0.05, 0.1) is 6.73 Å². The minimum atomic E-state index is 0.00962. The highest BCUT2D eigenvalue weighted by Crippen LogP contribution is 2.02. The molecule has 2 N–H and O–H groups in total. The maximum atomic E-state index is 8.61. The lowest BCUT2D eigenvalue weighted by molar-refractivity contribution is 0.250. The van der Waals surface area contributed by atoms with Crippen molar-refractivity contribution in [2.75, 3.05) is 6.73 Å². The Morgan fingerprint density at radius 2 is 2.33 bits per heavy atom. The van der Waals surface area contributed by atoms with Crippen LogP contribution in [0.2, 0.25) is 0 Å². The topological polar surface area (TPSA) is 32.3 Å². The van der Waals surface area contributed by atoms with Gasteiger partial charge in [0.2, 0.25) is 0 Å². The molecule has 0 radical (unpaired) electrons. The standard InChI is InChI=1S/C10H19NO/c1-4-9(3)6-7-10(5-2)11-8-12/h5-6,10-12H,2,4,7-8H2,1,3H3/b9-6+. The molecule has 0 aliphatic carbocycles. The van der Waals surface area contributed by atoms with E-state index in [4.69, 9.17) is 5.11 Å². The molecule has 0 heterocycles. The Morgan fingerprint density at radius 1 is 1.67 bits per heavy atom. The molecular formula is C10H19NO. The van der Waals surface area contributed by atoms with Gasteiger partial charge in [0.15, 0.2) is 0 Å². The second-order valence-corrected chi connectivity index (χ2v) is 2.84. The SMILES string of the molecule is C=CC(C/C=C(\C)CC)NCO. The normalized spacial score (nSPS) is 14.4. The molecule has 0 rings (SSSR count). The monoisotopic (exact) mass is 169 g/mol. The van der Waals surface area contributed by atoms with E-state index in [1.165, 1.54) is 5.57 Å². The molecule has 0 fully saturated rings. The van der Waals surface area contributed by atoms with E-state index in [9.17, 15) is 0 Å². The van der Waals surface area contributed by atoms with Crippen LogP contribution in [-0.4, -0.2) is 17.9 Å². The van der Waals surface area contributed by atoms with E-state index < -0.39 is 0 Å². The Balaban J connectivity index is 3.78. The predicted octanol–water partition coefficient (Wildman–Crippen LogP) is 1.83. The first-order chi connectivity index (χ1) is 5.74. The highest BCUT2D eigenvalue weighted by molar-refractivity contribution is 5.01. The van der Waals surface area contributed by atoms with Gasteiger partial charge in [-0.25, -0.2) is 0 Å². The van der Waals surface area contributed by atoms with Crippen LogP contribution in [0.4, 0.5) is 0 Å². The van der Waals surface area contributed by atoms with E-state index in [1.54, 1.807) is 0 Å². The van der Waals surface area contributed by atoms with E-state index in [-0.39, 0.29) is 12.8 Å². The minimum absolute atomic E-state index is 0.00962. The second kappa shape index (κ2) is 7.07. The zero-order chi connectivity index (χ0) is 9.40. The zero-order valence-corrected chi connectivity index (χ0v) is 8.01. The molecule has 0 spiro atoms. The van der Waals surface area contributed by atoms with Crippen LogP contribution in [0, 0.1) is 0 Å². The Labute approximate surface area is 75.0 Å². The fourth-order valence-electron chi connectivity index (χ4n) is 0.853. The third-order valence-corrected chi connectivity index (χ3v) is 1.92. The summed E-state index contributed by atoms with van der Waals surface area (Å²) in [6, 6.07) is 0.191. The summed E-state index contributed by atoms with van der Waals surface area (Å²) >= 11 is 0. The van der Waals surface area contributed by atoms with Crippen LogP contribution >= 0.6 is 0 Å². The molecule has 0 aromatic carbocycles. The van der Waals surface area contributed by atoms with Gasteiger partial charge in [0.25, 0.3) is 0 Å². The summed E-state index contributed by atoms with van der Waals surface area (Å²) in [6.07, 6.45) is 5.98. The molecule has 0 aliphatic rings. The summed E-state index contributed by atoms with van der Waals surface area (Å²) in [4.78, 5) is 0. The average molecular weight is 169 g/mol. The van der Waals surface area contributed by atoms with Gasteiger partial charge < -0.3 is 5.11 Å². The summed E-state index contributed by atoms with van der Waals surface area (Å²) in [5.41, 5.74) is 1.38. The number of allylic oxidation sites excluding steroid dienone is 1. The van der Waals surface area contributed by atoms with E-state index in [2.05, 4.69) is 31.8 Å². The summed E-state index contributed by atoms with van der Waals surface area (Å²) in [5, 5.41) is 11.5. The largest absolute Gasteiger partial charge is 0.381 e. The molecular weight excluding hydrogens is 150 g/mol. The van der Waals surface area contributed by atoms with Crippen molar-refractivity contribution in [2.24, 2.45) is 0 Å². The van der Waals surface area contributed by atoms with Crippen LogP contribution in [0.15, 0.2) is 24.3 Å². The molecule has 1 unspecified atom stereocenters. The highest BCUT2D eigenvalue weighted by Gasteiger charge is 1.98. The lowest BCUT2D eigenvalue weighted by Crippen LogP contribution is -2.27. The van der Waals surface area contributed by atoms with Gasteiger partial charge in [-0.2, -0.15) is 0 Å². The Hall–Kier alpha value is -0.600. The fourth-order valence-corrected chi connectivity index (χ4v) is 0.853.